The lowest BCUT2D eigenvalue weighted by atomic mass is 10.0. The lowest BCUT2D eigenvalue weighted by Crippen LogP contribution is -2.51. The van der Waals surface area contributed by atoms with Gasteiger partial charge in [0.05, 0.1) is 21.7 Å². The van der Waals surface area contributed by atoms with Crippen molar-refractivity contribution in [1.29, 1.82) is 5.26 Å². The quantitative estimate of drug-likeness (QED) is 0.509. The van der Waals surface area contributed by atoms with Crippen LogP contribution in [-0.2, 0) is 11.2 Å². The molecule has 1 aliphatic heterocycles. The van der Waals surface area contributed by atoms with E-state index >= 15 is 0 Å². The van der Waals surface area contributed by atoms with Gasteiger partial charge >= 0.3 is 0 Å². The van der Waals surface area contributed by atoms with Crippen LogP contribution < -0.4 is 4.90 Å². The number of carbonyl (C=O) groups is 3. The van der Waals surface area contributed by atoms with E-state index in [1.54, 1.807) is 12.1 Å². The van der Waals surface area contributed by atoms with Crippen LogP contribution in [0.15, 0.2) is 60.7 Å². The number of fused-ring (bicyclic) bond motifs is 1. The molecule has 1 heterocycles. The lowest BCUT2D eigenvalue weighted by Gasteiger charge is -2.30. The number of carbonyl (C=O) groups excluding carboxylic acids is 3. The van der Waals surface area contributed by atoms with Gasteiger partial charge in [-0.05, 0) is 48.0 Å². The smallest absolute Gasteiger partial charge is 0.262 e. The molecule has 34 heavy (non-hydrogen) atoms. The van der Waals surface area contributed by atoms with E-state index in [2.05, 4.69) is 0 Å². The summed E-state index contributed by atoms with van der Waals surface area (Å²) < 4.78 is 27.7. The summed E-state index contributed by atoms with van der Waals surface area (Å²) in [5.74, 6) is -3.76. The van der Waals surface area contributed by atoms with E-state index in [1.807, 2.05) is 6.07 Å². The number of hydrogen-bond donors (Lipinski definition) is 0. The van der Waals surface area contributed by atoms with Crippen LogP contribution in [0.1, 0.15) is 31.8 Å². The fraction of sp³-hybridized carbons (Fsp3) is 0.120. The molecule has 0 N–H and O–H groups in total. The SMILES string of the molecule is CN(C(=O)C(Cc1cc(F)cc(F)c1)N1C(=O)c2ccccc2C1=O)c1ccc(Cl)c(C#N)c1. The molecule has 0 saturated carbocycles. The standard InChI is InChI=1S/C25H16ClF2N3O3/c1-30(18-6-7-21(26)15(11-18)13-29)25(34)22(10-14-8-16(27)12-17(28)9-14)31-23(32)19-4-2-3-5-20(19)24(31)33/h2-9,11-12,22H,10H2,1H3. The predicted molar refractivity (Wildman–Crippen MR) is 120 cm³/mol. The molecule has 0 fully saturated rings. The normalized spacial score (nSPS) is 13.4. The molecule has 0 aliphatic carbocycles. The van der Waals surface area contributed by atoms with E-state index in [4.69, 9.17) is 11.6 Å². The molecule has 3 aromatic rings. The molecule has 4 rings (SSSR count). The highest BCUT2D eigenvalue weighted by atomic mass is 35.5. The Kier molecular flexibility index (Phi) is 6.14. The molecule has 3 amide bonds. The van der Waals surface area contributed by atoms with Gasteiger partial charge in [-0.2, -0.15) is 5.26 Å². The molecule has 1 aliphatic rings. The maximum absolute atomic E-state index is 13.8. The fourth-order valence-electron chi connectivity index (χ4n) is 3.89. The van der Waals surface area contributed by atoms with Gasteiger partial charge in [-0.25, -0.2) is 8.78 Å². The summed E-state index contributed by atoms with van der Waals surface area (Å²) in [6, 6.07) is 13.7. The molecule has 170 valence electrons. The van der Waals surface area contributed by atoms with E-state index in [-0.39, 0.29) is 39.4 Å². The fourth-order valence-corrected chi connectivity index (χ4v) is 4.05. The highest BCUT2D eigenvalue weighted by Crippen LogP contribution is 2.29. The second-order valence-electron chi connectivity index (χ2n) is 7.70. The Bertz CT molecular complexity index is 1330. The number of nitriles is 1. The molecule has 0 bridgehead atoms. The number of nitrogens with zero attached hydrogens (tertiary/aromatic N) is 3. The first-order valence-electron chi connectivity index (χ1n) is 10.1. The summed E-state index contributed by atoms with van der Waals surface area (Å²) in [7, 11) is 1.41. The van der Waals surface area contributed by atoms with Gasteiger partial charge in [0.15, 0.2) is 0 Å². The van der Waals surface area contributed by atoms with E-state index < -0.39 is 35.4 Å². The van der Waals surface area contributed by atoms with Crippen LogP contribution in [0.4, 0.5) is 14.5 Å². The third kappa shape index (κ3) is 4.14. The summed E-state index contributed by atoms with van der Waals surface area (Å²) in [5.41, 5.74) is 0.782. The minimum atomic E-state index is -1.40. The Morgan fingerprint density at radius 2 is 1.62 bits per heavy atom. The minimum absolute atomic E-state index is 0.0922. The molecule has 0 saturated heterocycles. The number of amides is 3. The second kappa shape index (κ2) is 9.04. The van der Waals surface area contributed by atoms with Gasteiger partial charge in [-0.15, -0.1) is 0 Å². The Morgan fingerprint density at radius 3 is 2.18 bits per heavy atom. The van der Waals surface area contributed by atoms with Gasteiger partial charge in [0, 0.05) is 25.2 Å². The molecular weight excluding hydrogens is 464 g/mol. The number of halogens is 3. The number of rotatable bonds is 5. The summed E-state index contributed by atoms with van der Waals surface area (Å²) in [6.45, 7) is 0. The first-order valence-corrected chi connectivity index (χ1v) is 10.5. The zero-order valence-electron chi connectivity index (χ0n) is 17.8. The average Bonchev–Trinajstić information content (AvgIpc) is 3.06. The molecule has 3 aromatic carbocycles. The van der Waals surface area contributed by atoms with Crippen LogP contribution >= 0.6 is 11.6 Å². The molecule has 0 radical (unpaired) electrons. The van der Waals surface area contributed by atoms with Crippen molar-refractivity contribution in [2.75, 3.05) is 11.9 Å². The van der Waals surface area contributed by atoms with Gasteiger partial charge in [0.2, 0.25) is 5.91 Å². The first-order chi connectivity index (χ1) is 16.2. The highest BCUT2D eigenvalue weighted by Gasteiger charge is 2.43. The number of hydrogen-bond acceptors (Lipinski definition) is 4. The van der Waals surface area contributed by atoms with Crippen LogP contribution in [0.3, 0.4) is 0 Å². The topological polar surface area (TPSA) is 81.5 Å². The van der Waals surface area contributed by atoms with Crippen molar-refractivity contribution in [2.24, 2.45) is 0 Å². The Balaban J connectivity index is 1.76. The van der Waals surface area contributed by atoms with E-state index in [9.17, 15) is 28.4 Å². The number of imide groups is 1. The zero-order chi connectivity index (χ0) is 24.6. The monoisotopic (exact) mass is 479 g/mol. The second-order valence-corrected chi connectivity index (χ2v) is 8.10. The molecule has 9 heteroatoms. The molecule has 0 spiro atoms. The molecule has 1 unspecified atom stereocenters. The van der Waals surface area contributed by atoms with Crippen LogP contribution in [0.25, 0.3) is 0 Å². The Morgan fingerprint density at radius 1 is 1.03 bits per heavy atom. The van der Waals surface area contributed by atoms with Crippen molar-refractivity contribution in [3.63, 3.8) is 0 Å². The number of likely N-dealkylation sites (N-methyl/N-ethyl adjacent to an activating group) is 1. The van der Waals surface area contributed by atoms with Crippen molar-refractivity contribution in [2.45, 2.75) is 12.5 Å². The Hall–Kier alpha value is -4.09. The summed E-state index contributed by atoms with van der Waals surface area (Å²) in [6.07, 6.45) is -0.317. The van der Waals surface area contributed by atoms with Crippen molar-refractivity contribution >= 4 is 35.0 Å². The van der Waals surface area contributed by atoms with Crippen molar-refractivity contribution in [3.8, 4) is 6.07 Å². The maximum Gasteiger partial charge on any atom is 0.262 e. The minimum Gasteiger partial charge on any atom is -0.314 e. The molecular formula is C25H16ClF2N3O3. The van der Waals surface area contributed by atoms with Crippen LogP contribution in [0.5, 0.6) is 0 Å². The van der Waals surface area contributed by atoms with Crippen molar-refractivity contribution in [1.82, 2.24) is 4.90 Å². The zero-order valence-corrected chi connectivity index (χ0v) is 18.5. The lowest BCUT2D eigenvalue weighted by molar-refractivity contribution is -0.122. The number of benzene rings is 3. The summed E-state index contributed by atoms with van der Waals surface area (Å²) in [5, 5.41) is 9.45. The first kappa shape index (κ1) is 23.1. The summed E-state index contributed by atoms with van der Waals surface area (Å²) in [4.78, 5) is 41.8. The van der Waals surface area contributed by atoms with E-state index in [0.717, 1.165) is 17.0 Å². The Labute approximate surface area is 198 Å². The van der Waals surface area contributed by atoms with Gasteiger partial charge in [-0.3, -0.25) is 19.3 Å². The van der Waals surface area contributed by atoms with E-state index in [1.165, 1.54) is 42.3 Å². The van der Waals surface area contributed by atoms with Gasteiger partial charge < -0.3 is 4.90 Å². The van der Waals surface area contributed by atoms with Crippen LogP contribution in [-0.4, -0.2) is 35.7 Å². The van der Waals surface area contributed by atoms with Crippen molar-refractivity contribution in [3.05, 3.63) is 99.6 Å². The third-order valence-corrected chi connectivity index (χ3v) is 5.89. The number of anilines is 1. The van der Waals surface area contributed by atoms with E-state index in [0.29, 0.717) is 6.07 Å². The maximum atomic E-state index is 13.8. The van der Waals surface area contributed by atoms with Crippen LogP contribution in [0, 0.1) is 23.0 Å². The predicted octanol–water partition coefficient (Wildman–Crippen LogP) is 4.36. The molecule has 6 nitrogen and oxygen atoms in total. The van der Waals surface area contributed by atoms with Gasteiger partial charge in [-0.1, -0.05) is 23.7 Å². The largest absolute Gasteiger partial charge is 0.314 e. The molecule has 0 aromatic heterocycles. The summed E-state index contributed by atoms with van der Waals surface area (Å²) >= 11 is 5.98. The van der Waals surface area contributed by atoms with Gasteiger partial charge in [0.1, 0.15) is 23.7 Å². The van der Waals surface area contributed by atoms with Crippen LogP contribution in [0.2, 0.25) is 5.02 Å². The van der Waals surface area contributed by atoms with Crippen molar-refractivity contribution < 1.29 is 23.2 Å². The van der Waals surface area contributed by atoms with Gasteiger partial charge in [0.25, 0.3) is 11.8 Å². The highest BCUT2D eigenvalue weighted by molar-refractivity contribution is 6.31. The third-order valence-electron chi connectivity index (χ3n) is 5.56. The average molecular weight is 480 g/mol. The molecule has 1 atom stereocenters.